The van der Waals surface area contributed by atoms with Crippen molar-refractivity contribution in [3.63, 3.8) is 0 Å². The van der Waals surface area contributed by atoms with Gasteiger partial charge in [0.15, 0.2) is 0 Å². The van der Waals surface area contributed by atoms with Crippen molar-refractivity contribution >= 4 is 39.0 Å². The molecule has 0 spiro atoms. The van der Waals surface area contributed by atoms with Crippen LogP contribution in [0.5, 0.6) is 0 Å². The minimum Gasteiger partial charge on any atom is -0.367 e. The first-order valence-electron chi connectivity index (χ1n) is 5.00. The maximum atomic E-state index is 5.87. The number of thiophene rings is 1. The third kappa shape index (κ3) is 1.68. The molecule has 2 heterocycles. The van der Waals surface area contributed by atoms with Gasteiger partial charge < -0.3 is 5.32 Å². The van der Waals surface area contributed by atoms with Crippen LogP contribution in [0, 0.1) is 0 Å². The van der Waals surface area contributed by atoms with Crippen molar-refractivity contribution in [2.75, 3.05) is 5.32 Å². The summed E-state index contributed by atoms with van der Waals surface area (Å²) in [5.74, 6) is 0.885. The smallest absolute Gasteiger partial charge is 0.225 e. The first-order chi connectivity index (χ1) is 7.33. The van der Waals surface area contributed by atoms with E-state index in [2.05, 4.69) is 15.3 Å². The molecule has 5 heteroatoms. The van der Waals surface area contributed by atoms with Crippen LogP contribution < -0.4 is 5.32 Å². The number of nitrogens with zero attached hydrogens (tertiary/aromatic N) is 2. The van der Waals surface area contributed by atoms with E-state index >= 15 is 0 Å². The van der Waals surface area contributed by atoms with E-state index in [-0.39, 0.29) is 0 Å². The fraction of sp³-hybridized carbons (Fsp3) is 0.400. The normalized spacial score (nSPS) is 16.6. The third-order valence-corrected chi connectivity index (χ3v) is 3.72. The Balaban J connectivity index is 2.02. The van der Waals surface area contributed by atoms with Crippen LogP contribution in [0.25, 0.3) is 10.2 Å². The van der Waals surface area contributed by atoms with E-state index in [0.29, 0.717) is 11.3 Å². The van der Waals surface area contributed by atoms with Gasteiger partial charge in [0, 0.05) is 6.04 Å². The summed E-state index contributed by atoms with van der Waals surface area (Å²) in [5.41, 5.74) is 0. The van der Waals surface area contributed by atoms with E-state index in [1.807, 2.05) is 11.4 Å². The van der Waals surface area contributed by atoms with E-state index in [4.69, 9.17) is 11.6 Å². The Morgan fingerprint density at radius 3 is 3.00 bits per heavy atom. The quantitative estimate of drug-likeness (QED) is 0.817. The number of rotatable bonds is 2. The average Bonchev–Trinajstić information content (AvgIpc) is 2.58. The predicted molar refractivity (Wildman–Crippen MR) is 63.7 cm³/mol. The number of fused-ring (bicyclic) bond motifs is 1. The molecule has 15 heavy (non-hydrogen) atoms. The molecule has 1 fully saturated rings. The highest BCUT2D eigenvalue weighted by atomic mass is 35.5. The lowest BCUT2D eigenvalue weighted by Gasteiger charge is -2.27. The summed E-state index contributed by atoms with van der Waals surface area (Å²) in [6.45, 7) is 0. The van der Waals surface area contributed by atoms with Gasteiger partial charge in [-0.2, -0.15) is 0 Å². The second kappa shape index (κ2) is 3.61. The number of nitrogens with one attached hydrogen (secondary N) is 1. The summed E-state index contributed by atoms with van der Waals surface area (Å²) in [7, 11) is 0. The largest absolute Gasteiger partial charge is 0.367 e. The van der Waals surface area contributed by atoms with Crippen LogP contribution in [0.4, 0.5) is 5.82 Å². The van der Waals surface area contributed by atoms with Crippen molar-refractivity contribution in [1.82, 2.24) is 9.97 Å². The summed E-state index contributed by atoms with van der Waals surface area (Å²) in [6, 6.07) is 2.61. The van der Waals surface area contributed by atoms with Crippen molar-refractivity contribution in [1.29, 1.82) is 0 Å². The summed E-state index contributed by atoms with van der Waals surface area (Å²) in [4.78, 5) is 9.38. The van der Waals surface area contributed by atoms with Crippen molar-refractivity contribution in [3.8, 4) is 0 Å². The third-order valence-electron chi connectivity index (χ3n) is 2.74. The van der Waals surface area contributed by atoms with E-state index in [1.165, 1.54) is 19.3 Å². The lowest BCUT2D eigenvalue weighted by atomic mass is 9.93. The van der Waals surface area contributed by atoms with E-state index in [9.17, 15) is 0 Å². The van der Waals surface area contributed by atoms with Crippen LogP contribution >= 0.6 is 22.9 Å². The zero-order chi connectivity index (χ0) is 10.3. The van der Waals surface area contributed by atoms with Crippen LogP contribution in [0.2, 0.25) is 5.28 Å². The zero-order valence-electron chi connectivity index (χ0n) is 8.03. The van der Waals surface area contributed by atoms with Crippen LogP contribution in [0.1, 0.15) is 19.3 Å². The molecular formula is C10H10ClN3S. The Morgan fingerprint density at radius 2 is 2.27 bits per heavy atom. The summed E-state index contributed by atoms with van der Waals surface area (Å²) in [5, 5.41) is 6.84. The molecule has 0 saturated heterocycles. The van der Waals surface area contributed by atoms with Gasteiger partial charge in [-0.05, 0) is 42.3 Å². The monoisotopic (exact) mass is 239 g/mol. The predicted octanol–water partition coefficient (Wildman–Crippen LogP) is 3.31. The molecular weight excluding hydrogens is 230 g/mol. The van der Waals surface area contributed by atoms with Gasteiger partial charge in [-0.3, -0.25) is 0 Å². The van der Waals surface area contributed by atoms with Crippen LogP contribution in [0.15, 0.2) is 11.4 Å². The van der Waals surface area contributed by atoms with Gasteiger partial charge in [0.1, 0.15) is 10.6 Å². The summed E-state index contributed by atoms with van der Waals surface area (Å²) >= 11 is 7.46. The Hall–Kier alpha value is -0.870. The van der Waals surface area contributed by atoms with E-state index < -0.39 is 0 Å². The van der Waals surface area contributed by atoms with E-state index in [0.717, 1.165) is 16.0 Å². The van der Waals surface area contributed by atoms with Crippen LogP contribution in [-0.4, -0.2) is 16.0 Å². The molecule has 0 radical (unpaired) electrons. The van der Waals surface area contributed by atoms with Gasteiger partial charge in [-0.25, -0.2) is 9.97 Å². The Morgan fingerprint density at radius 1 is 1.40 bits per heavy atom. The van der Waals surface area contributed by atoms with Gasteiger partial charge in [-0.1, -0.05) is 0 Å². The minimum atomic E-state index is 0.326. The molecule has 1 N–H and O–H groups in total. The Labute approximate surface area is 96.5 Å². The fourth-order valence-electron chi connectivity index (χ4n) is 1.69. The first kappa shape index (κ1) is 9.36. The molecule has 0 atom stereocenters. The highest BCUT2D eigenvalue weighted by Gasteiger charge is 2.19. The maximum Gasteiger partial charge on any atom is 0.225 e. The van der Waals surface area contributed by atoms with Gasteiger partial charge in [0.2, 0.25) is 5.28 Å². The van der Waals surface area contributed by atoms with E-state index in [1.54, 1.807) is 11.3 Å². The summed E-state index contributed by atoms with van der Waals surface area (Å²) < 4.78 is 0. The van der Waals surface area contributed by atoms with Crippen molar-refractivity contribution < 1.29 is 0 Å². The average molecular weight is 240 g/mol. The molecule has 0 bridgehead atoms. The van der Waals surface area contributed by atoms with Gasteiger partial charge in [0.05, 0.1) is 5.39 Å². The van der Waals surface area contributed by atoms with Gasteiger partial charge in [-0.15, -0.1) is 11.3 Å². The highest BCUT2D eigenvalue weighted by Crippen LogP contribution is 2.29. The number of anilines is 1. The van der Waals surface area contributed by atoms with Crippen LogP contribution in [-0.2, 0) is 0 Å². The van der Waals surface area contributed by atoms with Gasteiger partial charge >= 0.3 is 0 Å². The number of hydrogen-bond acceptors (Lipinski definition) is 4. The molecule has 3 rings (SSSR count). The SMILES string of the molecule is Clc1nc(NC2CCC2)c2ccsc2n1. The lowest BCUT2D eigenvalue weighted by Crippen LogP contribution is -2.27. The second-order valence-corrected chi connectivity index (χ2v) is 4.99. The highest BCUT2D eigenvalue weighted by molar-refractivity contribution is 7.16. The molecule has 2 aromatic heterocycles. The molecule has 78 valence electrons. The van der Waals surface area contributed by atoms with Crippen molar-refractivity contribution in [2.45, 2.75) is 25.3 Å². The minimum absolute atomic E-state index is 0.326. The molecule has 0 aliphatic heterocycles. The van der Waals surface area contributed by atoms with Crippen LogP contribution in [0.3, 0.4) is 0 Å². The molecule has 1 aliphatic carbocycles. The molecule has 0 aromatic carbocycles. The second-order valence-electron chi connectivity index (χ2n) is 3.75. The molecule has 3 nitrogen and oxygen atoms in total. The maximum absolute atomic E-state index is 5.87. The Bertz CT molecular complexity index is 492. The summed E-state index contributed by atoms with van der Waals surface area (Å²) in [6.07, 6.45) is 3.77. The van der Waals surface area contributed by atoms with Crippen molar-refractivity contribution in [2.24, 2.45) is 0 Å². The Kier molecular flexibility index (Phi) is 2.25. The number of aromatic nitrogens is 2. The first-order valence-corrected chi connectivity index (χ1v) is 6.26. The van der Waals surface area contributed by atoms with Crippen molar-refractivity contribution in [3.05, 3.63) is 16.7 Å². The fourth-order valence-corrected chi connectivity index (χ4v) is 2.67. The molecule has 1 aliphatic rings. The lowest BCUT2D eigenvalue weighted by molar-refractivity contribution is 0.445. The standard InChI is InChI=1S/C10H10ClN3S/c11-10-13-8(12-6-2-1-3-6)7-4-5-15-9(7)14-10/h4-6H,1-3H2,(H,12,13,14). The number of halogens is 1. The number of hydrogen-bond donors (Lipinski definition) is 1. The molecule has 0 amide bonds. The molecule has 2 aromatic rings. The molecule has 0 unspecified atom stereocenters. The molecule has 1 saturated carbocycles. The zero-order valence-corrected chi connectivity index (χ0v) is 9.61. The topological polar surface area (TPSA) is 37.8 Å². The van der Waals surface area contributed by atoms with Gasteiger partial charge in [0.25, 0.3) is 0 Å².